The molecule has 0 atom stereocenters. The van der Waals surface area contributed by atoms with Gasteiger partial charge in [0.25, 0.3) is 0 Å². The van der Waals surface area contributed by atoms with Gasteiger partial charge in [0, 0.05) is 56.7 Å². The summed E-state index contributed by atoms with van der Waals surface area (Å²) in [6.07, 6.45) is 3.61. The smallest absolute Gasteiger partial charge is 0.153 e. The molecule has 0 fully saturated rings. The van der Waals surface area contributed by atoms with Gasteiger partial charge >= 0.3 is 0 Å². The first-order valence-electron chi connectivity index (χ1n) is 15.2. The van der Waals surface area contributed by atoms with Crippen LogP contribution in [0.15, 0.2) is 155 Å². The minimum Gasteiger partial charge on any atom is -0.454 e. The van der Waals surface area contributed by atoms with Crippen molar-refractivity contribution in [2.45, 2.75) is 0 Å². The van der Waals surface area contributed by atoms with Gasteiger partial charge in [0.2, 0.25) is 0 Å². The molecule has 0 aliphatic carbocycles. The van der Waals surface area contributed by atoms with Crippen LogP contribution in [0, 0.1) is 0 Å². The minimum atomic E-state index is 0.772. The van der Waals surface area contributed by atoms with Crippen LogP contribution in [0.1, 0.15) is 0 Å². The molecule has 216 valence electrons. The van der Waals surface area contributed by atoms with E-state index in [-0.39, 0.29) is 0 Å². The maximum Gasteiger partial charge on any atom is 0.153 e. The monoisotopic (exact) mass is 592 g/mol. The van der Waals surface area contributed by atoms with Crippen molar-refractivity contribution in [1.82, 2.24) is 14.5 Å². The molecule has 0 saturated heterocycles. The molecule has 5 aromatic carbocycles. The molecule has 0 unspecified atom stereocenters. The molecule has 0 radical (unpaired) electrons. The van der Waals surface area contributed by atoms with Crippen LogP contribution in [0.5, 0.6) is 0 Å². The topological polar surface area (TPSA) is 60.2 Å². The van der Waals surface area contributed by atoms with Crippen molar-refractivity contribution in [3.8, 4) is 5.69 Å². The van der Waals surface area contributed by atoms with E-state index in [1.807, 2.05) is 36.4 Å². The van der Waals surface area contributed by atoms with Crippen LogP contribution in [-0.4, -0.2) is 14.5 Å². The van der Waals surface area contributed by atoms with E-state index >= 15 is 0 Å². The van der Waals surface area contributed by atoms with E-state index in [1.54, 1.807) is 12.4 Å². The maximum absolute atomic E-state index is 6.12. The molecule has 0 amide bonds. The Labute approximate surface area is 262 Å². The number of rotatable bonds is 4. The number of aromatic nitrogens is 3. The van der Waals surface area contributed by atoms with Crippen molar-refractivity contribution in [2.75, 3.05) is 4.90 Å². The van der Waals surface area contributed by atoms with E-state index in [0.717, 1.165) is 66.9 Å². The molecule has 0 spiro atoms. The zero-order valence-corrected chi connectivity index (χ0v) is 24.5. The first-order valence-corrected chi connectivity index (χ1v) is 15.2. The first-order chi connectivity index (χ1) is 22.8. The Bertz CT molecular complexity index is 2600. The van der Waals surface area contributed by atoms with Gasteiger partial charge < -0.3 is 18.3 Å². The van der Waals surface area contributed by atoms with Crippen molar-refractivity contribution >= 4 is 83.0 Å². The number of nitrogens with zero attached hydrogens (tertiary/aromatic N) is 4. The predicted octanol–water partition coefficient (Wildman–Crippen LogP) is 10.8. The normalized spacial score (nSPS) is 11.9. The molecule has 6 nitrogen and oxygen atoms in total. The summed E-state index contributed by atoms with van der Waals surface area (Å²) in [5.41, 5.74) is 11.3. The van der Waals surface area contributed by atoms with Crippen molar-refractivity contribution in [2.24, 2.45) is 0 Å². The summed E-state index contributed by atoms with van der Waals surface area (Å²) in [4.78, 5) is 11.5. The molecular formula is C40H24N4O2. The summed E-state index contributed by atoms with van der Waals surface area (Å²) in [6.45, 7) is 0. The van der Waals surface area contributed by atoms with Gasteiger partial charge in [-0.3, -0.25) is 9.97 Å². The highest BCUT2D eigenvalue weighted by Crippen LogP contribution is 2.41. The van der Waals surface area contributed by atoms with E-state index in [0.29, 0.717) is 0 Å². The Hall–Kier alpha value is -6.40. The summed E-state index contributed by atoms with van der Waals surface area (Å²) in [5, 5.41) is 4.42. The van der Waals surface area contributed by atoms with Gasteiger partial charge in [-0.2, -0.15) is 0 Å². The van der Waals surface area contributed by atoms with Crippen LogP contribution in [-0.2, 0) is 0 Å². The number of benzene rings is 5. The van der Waals surface area contributed by atoms with E-state index in [4.69, 9.17) is 8.83 Å². The Morgan fingerprint density at radius 3 is 1.48 bits per heavy atom. The molecular weight excluding hydrogens is 568 g/mol. The lowest BCUT2D eigenvalue weighted by Crippen LogP contribution is -2.10. The van der Waals surface area contributed by atoms with Crippen LogP contribution < -0.4 is 4.90 Å². The van der Waals surface area contributed by atoms with Gasteiger partial charge in [-0.25, -0.2) is 0 Å². The Morgan fingerprint density at radius 1 is 0.435 bits per heavy atom. The van der Waals surface area contributed by atoms with Crippen LogP contribution >= 0.6 is 0 Å². The SMILES string of the molecule is c1cnc2c(c1)oc1ccc(N(c3ccc(-n4c5ccccc5c5ccccc54)cc3)c3ccc4oc5cccnc5c4c3)cc12. The summed E-state index contributed by atoms with van der Waals surface area (Å²) in [7, 11) is 0. The first kappa shape index (κ1) is 25.0. The third kappa shape index (κ3) is 3.64. The van der Waals surface area contributed by atoms with Crippen molar-refractivity contribution in [1.29, 1.82) is 0 Å². The van der Waals surface area contributed by atoms with E-state index in [2.05, 4.69) is 116 Å². The van der Waals surface area contributed by atoms with Crippen molar-refractivity contribution in [3.63, 3.8) is 0 Å². The quantitative estimate of drug-likeness (QED) is 0.203. The number of pyridine rings is 2. The predicted molar refractivity (Wildman–Crippen MR) is 186 cm³/mol. The van der Waals surface area contributed by atoms with Gasteiger partial charge in [0.15, 0.2) is 11.2 Å². The van der Waals surface area contributed by atoms with Crippen LogP contribution in [0.2, 0.25) is 0 Å². The number of hydrogen-bond donors (Lipinski definition) is 0. The van der Waals surface area contributed by atoms with Crippen molar-refractivity contribution in [3.05, 3.63) is 146 Å². The van der Waals surface area contributed by atoms with Gasteiger partial charge in [-0.05, 0) is 97.1 Å². The molecule has 5 heterocycles. The summed E-state index contributed by atoms with van der Waals surface area (Å²) >= 11 is 0. The van der Waals surface area contributed by atoms with Gasteiger partial charge in [-0.1, -0.05) is 36.4 Å². The minimum absolute atomic E-state index is 0.772. The molecule has 5 aromatic heterocycles. The van der Waals surface area contributed by atoms with Crippen LogP contribution in [0.4, 0.5) is 17.1 Å². The summed E-state index contributed by atoms with van der Waals surface area (Å²) < 4.78 is 14.6. The zero-order valence-electron chi connectivity index (χ0n) is 24.5. The lowest BCUT2D eigenvalue weighted by molar-refractivity contribution is 0.668. The van der Waals surface area contributed by atoms with Crippen molar-refractivity contribution < 1.29 is 8.83 Å². The zero-order chi connectivity index (χ0) is 30.2. The number of furan rings is 2. The lowest BCUT2D eigenvalue weighted by Gasteiger charge is -2.26. The number of anilines is 3. The fraction of sp³-hybridized carbons (Fsp3) is 0. The molecule has 0 aliphatic rings. The third-order valence-corrected chi connectivity index (χ3v) is 8.88. The average molecular weight is 593 g/mol. The van der Waals surface area contributed by atoms with Gasteiger partial charge in [-0.15, -0.1) is 0 Å². The van der Waals surface area contributed by atoms with Crippen LogP contribution in [0.25, 0.3) is 71.6 Å². The molecule has 0 saturated carbocycles. The Morgan fingerprint density at radius 2 is 0.935 bits per heavy atom. The molecule has 0 aliphatic heterocycles. The largest absolute Gasteiger partial charge is 0.454 e. The number of para-hydroxylation sites is 2. The number of hydrogen-bond acceptors (Lipinski definition) is 5. The summed E-state index contributed by atoms with van der Waals surface area (Å²) in [5.74, 6) is 0. The highest BCUT2D eigenvalue weighted by atomic mass is 16.3. The Balaban J connectivity index is 1.18. The van der Waals surface area contributed by atoms with Gasteiger partial charge in [0.05, 0.1) is 11.0 Å². The van der Waals surface area contributed by atoms with E-state index < -0.39 is 0 Å². The van der Waals surface area contributed by atoms with E-state index in [9.17, 15) is 0 Å². The maximum atomic E-state index is 6.12. The van der Waals surface area contributed by atoms with E-state index in [1.165, 1.54) is 21.8 Å². The molecule has 10 rings (SSSR count). The second-order valence-corrected chi connectivity index (χ2v) is 11.5. The molecule has 46 heavy (non-hydrogen) atoms. The standard InChI is InChI=1S/C40H24N4O2/c1-3-9-33-29(7-1)30-8-2-4-10-34(30)44(33)26-15-13-25(14-16-26)43(27-17-19-35-31(23-27)39-37(45-35)11-5-21-41-39)28-18-20-36-32(24-28)40-38(46-36)12-6-22-42-40/h1-24H. The lowest BCUT2D eigenvalue weighted by atomic mass is 10.1. The van der Waals surface area contributed by atoms with Gasteiger partial charge in [0.1, 0.15) is 22.2 Å². The van der Waals surface area contributed by atoms with Crippen LogP contribution in [0.3, 0.4) is 0 Å². The average Bonchev–Trinajstić information content (AvgIpc) is 3.78. The summed E-state index contributed by atoms with van der Waals surface area (Å²) in [6, 6.07) is 46.2. The highest BCUT2D eigenvalue weighted by molar-refractivity contribution is 6.09. The molecule has 10 aromatic rings. The third-order valence-electron chi connectivity index (χ3n) is 8.88. The number of fused-ring (bicyclic) bond motifs is 9. The Kier molecular flexibility index (Phi) is 5.19. The highest BCUT2D eigenvalue weighted by Gasteiger charge is 2.19. The molecule has 6 heteroatoms. The second-order valence-electron chi connectivity index (χ2n) is 11.5. The fourth-order valence-corrected chi connectivity index (χ4v) is 6.85. The molecule has 0 N–H and O–H groups in total. The fourth-order valence-electron chi connectivity index (χ4n) is 6.85. The second kappa shape index (κ2) is 9.55. The molecule has 0 bridgehead atoms.